The van der Waals surface area contributed by atoms with Gasteiger partial charge in [-0.05, 0) is 25.5 Å². The Morgan fingerprint density at radius 2 is 2.10 bits per heavy atom. The fourth-order valence-corrected chi connectivity index (χ4v) is 3.02. The van der Waals surface area contributed by atoms with Gasteiger partial charge in [0.1, 0.15) is 11.9 Å². The molecule has 4 nitrogen and oxygen atoms in total. The molecule has 1 fully saturated rings. The molecule has 3 rings (SSSR count). The van der Waals surface area contributed by atoms with E-state index in [2.05, 4.69) is 4.74 Å². The molecule has 1 saturated carbocycles. The van der Waals surface area contributed by atoms with E-state index >= 15 is 0 Å². The van der Waals surface area contributed by atoms with Gasteiger partial charge < -0.3 is 9.47 Å². The van der Waals surface area contributed by atoms with Crippen LogP contribution in [0.25, 0.3) is 0 Å². The van der Waals surface area contributed by atoms with Gasteiger partial charge in [-0.2, -0.15) is 0 Å². The molecule has 0 amide bonds. The van der Waals surface area contributed by atoms with E-state index < -0.39 is 0 Å². The van der Waals surface area contributed by atoms with E-state index in [0.29, 0.717) is 22.8 Å². The summed E-state index contributed by atoms with van der Waals surface area (Å²) < 4.78 is 10.3. The third-order valence-corrected chi connectivity index (χ3v) is 4.14. The number of benzene rings is 1. The Morgan fingerprint density at radius 1 is 1.35 bits per heavy atom. The summed E-state index contributed by atoms with van der Waals surface area (Å²) in [6.07, 6.45) is 1.39. The van der Waals surface area contributed by atoms with Crippen molar-refractivity contribution in [1.29, 1.82) is 0 Å². The number of Topliss-reactive ketones (excluding diaryl/α,β-unsaturated/α-hetero) is 1. The summed E-state index contributed by atoms with van der Waals surface area (Å²) in [6.45, 7) is 1.96. The number of esters is 1. The van der Waals surface area contributed by atoms with Crippen molar-refractivity contribution in [2.45, 2.75) is 25.9 Å². The van der Waals surface area contributed by atoms with Crippen LogP contribution in [0.4, 0.5) is 0 Å². The summed E-state index contributed by atoms with van der Waals surface area (Å²) >= 11 is 6.17. The van der Waals surface area contributed by atoms with Gasteiger partial charge in [0.2, 0.25) is 0 Å². The van der Waals surface area contributed by atoms with Crippen molar-refractivity contribution in [2.24, 2.45) is 11.8 Å². The van der Waals surface area contributed by atoms with Crippen molar-refractivity contribution in [3.63, 3.8) is 0 Å². The van der Waals surface area contributed by atoms with E-state index in [1.807, 2.05) is 13.0 Å². The Hall–Kier alpha value is -1.55. The second-order valence-corrected chi connectivity index (χ2v) is 5.82. The molecule has 1 unspecified atom stereocenters. The highest BCUT2D eigenvalue weighted by Crippen LogP contribution is 2.44. The maximum absolute atomic E-state index is 12.4. The first kappa shape index (κ1) is 13.4. The summed E-state index contributed by atoms with van der Waals surface area (Å²) in [7, 11) is 1.34. The van der Waals surface area contributed by atoms with Crippen LogP contribution in [0, 0.1) is 11.8 Å². The maximum atomic E-state index is 12.4. The van der Waals surface area contributed by atoms with Gasteiger partial charge in [-0.3, -0.25) is 9.59 Å². The predicted octanol–water partition coefficient (Wildman–Crippen LogP) is 2.66. The smallest absolute Gasteiger partial charge is 0.309 e. The van der Waals surface area contributed by atoms with E-state index in [-0.39, 0.29) is 29.7 Å². The molecule has 3 atom stereocenters. The molecule has 1 aliphatic carbocycles. The Balaban J connectivity index is 1.83. The Labute approximate surface area is 122 Å². The number of fused-ring (bicyclic) bond motifs is 1. The van der Waals surface area contributed by atoms with Crippen molar-refractivity contribution in [2.75, 3.05) is 7.11 Å². The topological polar surface area (TPSA) is 52.6 Å². The Bertz CT molecular complexity index is 596. The molecular weight excluding hydrogens is 280 g/mol. The Morgan fingerprint density at radius 3 is 2.80 bits per heavy atom. The minimum Gasteiger partial charge on any atom is -0.489 e. The molecule has 0 bridgehead atoms. The lowest BCUT2D eigenvalue weighted by Crippen LogP contribution is -2.10. The summed E-state index contributed by atoms with van der Waals surface area (Å²) in [5, 5.41) is 0.463. The van der Waals surface area contributed by atoms with Gasteiger partial charge in [0.15, 0.2) is 5.78 Å². The fraction of sp³-hybridized carbons (Fsp3) is 0.467. The lowest BCUT2D eigenvalue weighted by Gasteiger charge is -2.06. The SMILES string of the molecule is COC(=O)[C@H]1C[C@@H]1C(=O)c1cc(Cl)c2c(c1)CC(C)O2. The molecule has 0 N–H and O–H groups in total. The van der Waals surface area contributed by atoms with Crippen LogP contribution in [-0.2, 0) is 16.0 Å². The number of ketones is 1. The largest absolute Gasteiger partial charge is 0.489 e. The molecule has 106 valence electrons. The first-order valence-electron chi connectivity index (χ1n) is 6.62. The molecule has 0 spiro atoms. The number of carbonyl (C=O) groups is 2. The average Bonchev–Trinajstić information content (AvgIpc) is 3.12. The summed E-state index contributed by atoms with van der Waals surface area (Å²) in [6, 6.07) is 3.47. The van der Waals surface area contributed by atoms with Crippen molar-refractivity contribution < 1.29 is 19.1 Å². The van der Waals surface area contributed by atoms with E-state index in [1.165, 1.54) is 7.11 Å². The number of hydrogen-bond donors (Lipinski definition) is 0. The average molecular weight is 295 g/mol. The van der Waals surface area contributed by atoms with Crippen LogP contribution in [0.1, 0.15) is 29.3 Å². The van der Waals surface area contributed by atoms with Crippen molar-refractivity contribution in [1.82, 2.24) is 0 Å². The van der Waals surface area contributed by atoms with E-state index in [0.717, 1.165) is 12.0 Å². The van der Waals surface area contributed by atoms with Gasteiger partial charge in [-0.15, -0.1) is 0 Å². The monoisotopic (exact) mass is 294 g/mol. The van der Waals surface area contributed by atoms with Crippen LogP contribution in [0.5, 0.6) is 5.75 Å². The molecule has 5 heteroatoms. The van der Waals surface area contributed by atoms with Crippen LogP contribution >= 0.6 is 11.6 Å². The summed E-state index contributed by atoms with van der Waals surface area (Å²) in [4.78, 5) is 23.8. The zero-order chi connectivity index (χ0) is 14.4. The third kappa shape index (κ3) is 2.18. The van der Waals surface area contributed by atoms with Crippen molar-refractivity contribution >= 4 is 23.4 Å². The molecule has 20 heavy (non-hydrogen) atoms. The normalized spacial score (nSPS) is 26.6. The lowest BCUT2D eigenvalue weighted by atomic mass is 10.0. The number of halogens is 1. The van der Waals surface area contributed by atoms with E-state index in [9.17, 15) is 9.59 Å². The lowest BCUT2D eigenvalue weighted by molar-refractivity contribution is -0.142. The highest BCUT2D eigenvalue weighted by molar-refractivity contribution is 6.32. The molecule has 1 heterocycles. The summed E-state index contributed by atoms with van der Waals surface area (Å²) in [5.41, 5.74) is 1.52. The fourth-order valence-electron chi connectivity index (χ4n) is 2.74. The molecular formula is C15H15ClO4. The van der Waals surface area contributed by atoms with Gasteiger partial charge in [0.25, 0.3) is 0 Å². The van der Waals surface area contributed by atoms with E-state index in [1.54, 1.807) is 6.07 Å². The van der Waals surface area contributed by atoms with Crippen LogP contribution in [0.15, 0.2) is 12.1 Å². The highest BCUT2D eigenvalue weighted by Gasteiger charge is 2.49. The Kier molecular flexibility index (Phi) is 3.21. The molecule has 1 aromatic carbocycles. The number of hydrogen-bond acceptors (Lipinski definition) is 4. The second kappa shape index (κ2) is 4.77. The van der Waals surface area contributed by atoms with Gasteiger partial charge in [-0.25, -0.2) is 0 Å². The predicted molar refractivity (Wildman–Crippen MR) is 73.2 cm³/mol. The van der Waals surface area contributed by atoms with Gasteiger partial charge >= 0.3 is 5.97 Å². The van der Waals surface area contributed by atoms with Crippen molar-refractivity contribution in [3.8, 4) is 5.75 Å². The third-order valence-electron chi connectivity index (χ3n) is 3.86. The number of carbonyl (C=O) groups excluding carboxylic acids is 2. The molecule has 2 aliphatic rings. The van der Waals surface area contributed by atoms with E-state index in [4.69, 9.17) is 16.3 Å². The zero-order valence-electron chi connectivity index (χ0n) is 11.3. The quantitative estimate of drug-likeness (QED) is 0.635. The van der Waals surface area contributed by atoms with Crippen LogP contribution < -0.4 is 4.74 Å². The van der Waals surface area contributed by atoms with Gasteiger partial charge in [0.05, 0.1) is 18.1 Å². The second-order valence-electron chi connectivity index (χ2n) is 5.42. The minimum absolute atomic E-state index is 0.0374. The molecule has 0 radical (unpaired) electrons. The molecule has 1 aliphatic heterocycles. The number of methoxy groups -OCH3 is 1. The van der Waals surface area contributed by atoms with Crippen molar-refractivity contribution in [3.05, 3.63) is 28.3 Å². The molecule has 0 saturated heterocycles. The van der Waals surface area contributed by atoms with Gasteiger partial charge in [-0.1, -0.05) is 11.6 Å². The van der Waals surface area contributed by atoms with Gasteiger partial charge in [0, 0.05) is 23.5 Å². The highest BCUT2D eigenvalue weighted by atomic mass is 35.5. The standard InChI is InChI=1S/C15H15ClO4/c1-7-3-9-4-8(5-12(16)14(9)20-7)13(17)10-6-11(10)15(18)19-2/h4-5,7,10-11H,3,6H2,1-2H3/t7?,10-,11-/m0/s1. The number of ether oxygens (including phenoxy) is 2. The first-order chi connectivity index (χ1) is 9.51. The molecule has 1 aromatic rings. The zero-order valence-corrected chi connectivity index (χ0v) is 12.1. The maximum Gasteiger partial charge on any atom is 0.309 e. The minimum atomic E-state index is -0.312. The van der Waals surface area contributed by atoms with Crippen LogP contribution in [-0.4, -0.2) is 25.0 Å². The summed E-state index contributed by atoms with van der Waals surface area (Å²) in [5.74, 6) is -0.237. The molecule has 0 aromatic heterocycles. The van der Waals surface area contributed by atoms with Crippen LogP contribution in [0.2, 0.25) is 5.02 Å². The van der Waals surface area contributed by atoms with Crippen LogP contribution in [0.3, 0.4) is 0 Å². The number of rotatable bonds is 3. The first-order valence-corrected chi connectivity index (χ1v) is 7.00.